The van der Waals surface area contributed by atoms with E-state index < -0.39 is 0 Å². The van der Waals surface area contributed by atoms with Gasteiger partial charge in [-0.2, -0.15) is 0 Å². The molecule has 23 unspecified atom stereocenters. The van der Waals surface area contributed by atoms with Crippen LogP contribution in [0.25, 0.3) is 0 Å². The molecule has 4 heteroatoms. The number of fused-ring (bicyclic) bond motifs is 6. The maximum atomic E-state index is 4.15. The second kappa shape index (κ2) is 38.3. The van der Waals surface area contributed by atoms with Crippen molar-refractivity contribution in [3.8, 4) is 0 Å². The molecule has 0 aromatic heterocycles. The van der Waals surface area contributed by atoms with Crippen LogP contribution in [0.4, 0.5) is 0 Å². The molecule has 23 rings (SSSR count). The molecule has 0 spiro atoms. The molecular formula is C116H192BN3. The lowest BCUT2D eigenvalue weighted by molar-refractivity contribution is -0.169. The van der Waals surface area contributed by atoms with Gasteiger partial charge in [0.15, 0.2) is 6.71 Å². The molecule has 21 aliphatic carbocycles. The Morgan fingerprint density at radius 1 is 0.158 bits per heavy atom. The first kappa shape index (κ1) is 84.2. The molecular weight excluding hydrogens is 1450 g/mol. The van der Waals surface area contributed by atoms with E-state index in [4.69, 9.17) is 0 Å². The molecule has 23 aliphatic rings. The van der Waals surface area contributed by atoms with Crippen molar-refractivity contribution >= 4 is 6.71 Å². The van der Waals surface area contributed by atoms with E-state index in [1.165, 1.54) is 12.8 Å². The summed E-state index contributed by atoms with van der Waals surface area (Å²) >= 11 is 0. The van der Waals surface area contributed by atoms with E-state index in [9.17, 15) is 0 Å². The Morgan fingerprint density at radius 2 is 0.450 bits per heavy atom. The predicted octanol–water partition coefficient (Wildman–Crippen LogP) is 32.0. The van der Waals surface area contributed by atoms with Gasteiger partial charge < -0.3 is 0 Å². The second-order valence-corrected chi connectivity index (χ2v) is 52.5. The zero-order valence-corrected chi connectivity index (χ0v) is 78.8. The van der Waals surface area contributed by atoms with Crippen LogP contribution in [0.5, 0.6) is 0 Å². The van der Waals surface area contributed by atoms with Gasteiger partial charge in [0.2, 0.25) is 0 Å². The highest BCUT2D eigenvalue weighted by Gasteiger charge is 2.71. The average molecular weight is 1640 g/mol. The van der Waals surface area contributed by atoms with Crippen molar-refractivity contribution in [3.05, 3.63) is 0 Å². The lowest BCUT2D eigenvalue weighted by Gasteiger charge is -2.73. The summed E-state index contributed by atoms with van der Waals surface area (Å²) in [6.45, 7) is 0.995. The van der Waals surface area contributed by atoms with Gasteiger partial charge in [0, 0.05) is 54.4 Å². The van der Waals surface area contributed by atoms with E-state index in [0.29, 0.717) is 0 Å². The highest BCUT2D eigenvalue weighted by molar-refractivity contribution is 6.65. The molecule has 0 N–H and O–H groups in total. The van der Waals surface area contributed by atoms with E-state index in [1.807, 2.05) is 0 Å². The quantitative estimate of drug-likeness (QED) is 0.151. The summed E-state index contributed by atoms with van der Waals surface area (Å²) in [7, 11) is 0. The van der Waals surface area contributed by atoms with E-state index in [1.54, 1.807) is 475 Å². The highest BCUT2D eigenvalue weighted by atomic mass is 15.3. The third-order valence-electron chi connectivity index (χ3n) is 48.1. The first-order valence-electron chi connectivity index (χ1n) is 58.9. The molecule has 23 fully saturated rings. The highest BCUT2D eigenvalue weighted by Crippen LogP contribution is 2.72. The molecule has 120 heavy (non-hydrogen) atoms. The van der Waals surface area contributed by atoms with Crippen molar-refractivity contribution in [3.63, 3.8) is 0 Å². The molecule has 21 saturated carbocycles. The normalized spacial score (nSPS) is 48.6. The van der Waals surface area contributed by atoms with E-state index in [-0.39, 0.29) is 0 Å². The fourth-order valence-corrected chi connectivity index (χ4v) is 43.9. The first-order chi connectivity index (χ1) is 59.5. The standard InChI is InChI=1S/C116H192BN3/c1-10-31-77(32-11-1)82-55-62-94(63-56-82)118(95-64-57-83(58-65-95)78-33-12-2-13-34-78)96-75-109-114-110(76-96)120(116-103(86-45-24-8-25-46-86)71-93(81-39-18-5-19-40-81)72-104(116)87-47-26-9-27-48-87)108-68-61-91(97-66-59-89-51-29-53-99-98-52-28-49-88-50-30-54-100(111(88)98)113(97)112(89)99)74-106(108)117(114)105-73-90(79-35-14-3-15-36-79)60-67-107(105)119(109)115-101(84-41-20-6-21-42-84)69-92(80-37-16-4-17-38-80)70-102(115)85-43-22-7-23-44-85/h77-116H,1-76H2. The maximum absolute atomic E-state index is 4.15. The van der Waals surface area contributed by atoms with Crippen LogP contribution >= 0.6 is 0 Å². The van der Waals surface area contributed by atoms with E-state index in [0.717, 1.165) is 244 Å². The van der Waals surface area contributed by atoms with Gasteiger partial charge in [0.05, 0.1) is 0 Å². The summed E-state index contributed by atoms with van der Waals surface area (Å²) in [4.78, 5) is 12.1. The monoisotopic (exact) mass is 1640 g/mol. The minimum Gasteiger partial charge on any atom is -0.295 e. The maximum Gasteiger partial charge on any atom is 0.156 e. The van der Waals surface area contributed by atoms with Gasteiger partial charge in [0.1, 0.15) is 0 Å². The van der Waals surface area contributed by atoms with Gasteiger partial charge in [-0.3, -0.25) is 14.7 Å². The van der Waals surface area contributed by atoms with E-state index in [2.05, 4.69) is 14.7 Å². The Labute approximate surface area is 742 Å². The summed E-state index contributed by atoms with van der Waals surface area (Å²) < 4.78 is 0. The zero-order chi connectivity index (χ0) is 79.1. The third-order valence-corrected chi connectivity index (χ3v) is 48.1. The van der Waals surface area contributed by atoms with Crippen LogP contribution in [0, 0.1) is 166 Å². The van der Waals surface area contributed by atoms with Gasteiger partial charge >= 0.3 is 0 Å². The number of rotatable bonds is 15. The Bertz CT molecular complexity index is 3060. The van der Waals surface area contributed by atoms with Crippen LogP contribution in [-0.4, -0.2) is 75.8 Å². The topological polar surface area (TPSA) is 9.72 Å². The number of nitrogens with zero attached hydrogens (tertiary/aromatic N) is 3. The Balaban J connectivity index is 0.720. The molecule has 3 nitrogen and oxygen atoms in total. The molecule has 674 valence electrons. The predicted molar refractivity (Wildman–Crippen MR) is 505 cm³/mol. The summed E-state index contributed by atoms with van der Waals surface area (Å²) in [6, 6.07) is 7.63. The van der Waals surface area contributed by atoms with Crippen molar-refractivity contribution in [2.45, 2.75) is 560 Å². The Hall–Kier alpha value is -0.0551. The summed E-state index contributed by atoms with van der Waals surface area (Å²) in [6.07, 6.45) is 122. The number of hydrogen-bond acceptors (Lipinski definition) is 3. The molecule has 0 bridgehead atoms. The van der Waals surface area contributed by atoms with Crippen LogP contribution < -0.4 is 0 Å². The van der Waals surface area contributed by atoms with Crippen molar-refractivity contribution in [2.24, 2.45) is 166 Å². The fraction of sp³-hybridized carbons (Fsp3) is 1.00. The SMILES string of the molecule is C1CCC(C2CCC(N(C3CCC(C4CCCCC4)CC3)C3CC4C5B(C6CC(C7CCCCC7)CCC6N4C4C(C6CCCCC6)CC(C6CCCCC6)CC4C4CCCCC4)C4CC(C6CCC7CCCC8C9CCCC%10CCCC(C%109)C6C78)CCC4N(C4C(C6CCCCC6)CC(C6CCCCC6)CC4C4CCCCC4)C5C3)CC2)CC1. The number of hydrogen-bond donors (Lipinski definition) is 0. The zero-order valence-electron chi connectivity index (χ0n) is 78.8. The van der Waals surface area contributed by atoms with Gasteiger partial charge in [-0.15, -0.1) is 0 Å². The Morgan fingerprint density at radius 3 is 0.842 bits per heavy atom. The van der Waals surface area contributed by atoms with Crippen LogP contribution in [0.3, 0.4) is 0 Å². The molecule has 0 aromatic carbocycles. The largest absolute Gasteiger partial charge is 0.295 e. The molecule has 0 radical (unpaired) electrons. The first-order valence-corrected chi connectivity index (χ1v) is 58.9. The van der Waals surface area contributed by atoms with Crippen LogP contribution in [-0.2, 0) is 0 Å². The smallest absolute Gasteiger partial charge is 0.156 e. The van der Waals surface area contributed by atoms with Crippen molar-refractivity contribution < 1.29 is 0 Å². The van der Waals surface area contributed by atoms with Gasteiger partial charge in [-0.05, 0) is 331 Å². The van der Waals surface area contributed by atoms with Gasteiger partial charge in [-0.25, -0.2) is 0 Å². The third kappa shape index (κ3) is 16.5. The molecule has 2 saturated heterocycles. The van der Waals surface area contributed by atoms with Crippen LogP contribution in [0.1, 0.15) is 488 Å². The average Bonchev–Trinajstić information content (AvgIpc) is 0.686. The van der Waals surface area contributed by atoms with Crippen LogP contribution in [0.15, 0.2) is 0 Å². The summed E-state index contributed by atoms with van der Waals surface area (Å²) in [5.41, 5.74) is 0. The molecule has 0 amide bonds. The lowest BCUT2D eigenvalue weighted by atomic mass is 9.17. The second-order valence-electron chi connectivity index (χ2n) is 52.5. The fourth-order valence-electron chi connectivity index (χ4n) is 43.9. The van der Waals surface area contributed by atoms with Crippen molar-refractivity contribution in [1.82, 2.24) is 14.7 Å². The molecule has 0 aromatic rings. The minimum atomic E-state index is 0.796. The summed E-state index contributed by atoms with van der Waals surface area (Å²) in [5.74, 6) is 32.1. The molecule has 2 heterocycles. The van der Waals surface area contributed by atoms with Gasteiger partial charge in [0.25, 0.3) is 0 Å². The lowest BCUT2D eigenvalue weighted by Crippen LogP contribution is -2.78. The van der Waals surface area contributed by atoms with Gasteiger partial charge in [-0.1, -0.05) is 340 Å². The van der Waals surface area contributed by atoms with Crippen molar-refractivity contribution in [2.75, 3.05) is 0 Å². The molecule has 2 aliphatic heterocycles. The van der Waals surface area contributed by atoms with Crippen LogP contribution in [0.2, 0.25) is 17.5 Å². The minimum absolute atomic E-state index is 0.796. The molecule has 23 atom stereocenters. The summed E-state index contributed by atoms with van der Waals surface area (Å²) in [5, 5.41) is 0. The van der Waals surface area contributed by atoms with Crippen molar-refractivity contribution in [1.29, 1.82) is 0 Å². The van der Waals surface area contributed by atoms with E-state index >= 15 is 0 Å². The Kier molecular flexibility index (Phi) is 26.9.